The summed E-state index contributed by atoms with van der Waals surface area (Å²) in [6, 6.07) is 20.6. The lowest BCUT2D eigenvalue weighted by Crippen LogP contribution is -2.47. The number of rotatable bonds is 7. The van der Waals surface area contributed by atoms with Gasteiger partial charge in [0.2, 0.25) is 5.91 Å². The highest BCUT2D eigenvalue weighted by atomic mass is 16.3. The monoisotopic (exact) mass is 403 g/mol. The molecule has 0 spiro atoms. The fourth-order valence-corrected chi connectivity index (χ4v) is 4.69. The summed E-state index contributed by atoms with van der Waals surface area (Å²) in [5.41, 5.74) is 4.14. The predicted molar refractivity (Wildman–Crippen MR) is 118 cm³/mol. The Hall–Kier alpha value is -2.92. The minimum atomic E-state index is -0.179. The standard InChI is InChI=1S/C25H29N3O2/c1-19(20-8-10-21(11-9-20)23-12-15-26-27-23)28-16-14-25(13-5-17-29,18-24(28)30)22-6-3-2-4-7-22/h2-4,6-12,15,19,29H,5,13-14,16-18H2,1H3,(H,26,27)/t19-,25?/m0/s1. The molecule has 1 fully saturated rings. The van der Waals surface area contributed by atoms with Crippen LogP contribution in [0.1, 0.15) is 49.8 Å². The van der Waals surface area contributed by atoms with E-state index in [1.165, 1.54) is 5.56 Å². The van der Waals surface area contributed by atoms with E-state index in [4.69, 9.17) is 0 Å². The molecule has 5 nitrogen and oxygen atoms in total. The van der Waals surface area contributed by atoms with Gasteiger partial charge < -0.3 is 10.0 Å². The topological polar surface area (TPSA) is 69.2 Å². The maximum atomic E-state index is 13.3. The molecule has 1 aromatic heterocycles. The average Bonchev–Trinajstić information content (AvgIpc) is 3.33. The summed E-state index contributed by atoms with van der Waals surface area (Å²) in [6.45, 7) is 2.98. The van der Waals surface area contributed by atoms with Crippen molar-refractivity contribution in [1.82, 2.24) is 15.1 Å². The Bertz CT molecular complexity index is 954. The Kier molecular flexibility index (Phi) is 6.00. The molecule has 2 atom stereocenters. The van der Waals surface area contributed by atoms with Crippen molar-refractivity contribution in [1.29, 1.82) is 0 Å². The van der Waals surface area contributed by atoms with E-state index in [-0.39, 0.29) is 24.0 Å². The van der Waals surface area contributed by atoms with Gasteiger partial charge in [-0.1, -0.05) is 54.6 Å². The van der Waals surface area contributed by atoms with Gasteiger partial charge in [0.05, 0.1) is 11.7 Å². The number of aromatic nitrogens is 2. The second-order valence-electron chi connectivity index (χ2n) is 8.24. The predicted octanol–water partition coefficient (Wildman–Crippen LogP) is 4.47. The Balaban J connectivity index is 1.51. The first kappa shape index (κ1) is 20.4. The van der Waals surface area contributed by atoms with Gasteiger partial charge >= 0.3 is 0 Å². The summed E-state index contributed by atoms with van der Waals surface area (Å²) in [6.07, 6.45) is 4.77. The van der Waals surface area contributed by atoms with E-state index >= 15 is 0 Å². The molecule has 4 rings (SSSR count). The second-order valence-corrected chi connectivity index (χ2v) is 8.24. The van der Waals surface area contributed by atoms with Crippen molar-refractivity contribution in [2.75, 3.05) is 13.2 Å². The number of aliphatic hydroxyl groups excluding tert-OH is 1. The first-order valence-electron chi connectivity index (χ1n) is 10.7. The van der Waals surface area contributed by atoms with Crippen LogP contribution in [0, 0.1) is 0 Å². The van der Waals surface area contributed by atoms with Crippen LogP contribution in [-0.4, -0.2) is 39.3 Å². The van der Waals surface area contributed by atoms with Crippen molar-refractivity contribution in [2.24, 2.45) is 0 Å². The van der Waals surface area contributed by atoms with Crippen molar-refractivity contribution in [3.63, 3.8) is 0 Å². The van der Waals surface area contributed by atoms with E-state index in [2.05, 4.69) is 53.5 Å². The number of likely N-dealkylation sites (tertiary alicyclic amines) is 1. The Morgan fingerprint density at radius 3 is 2.53 bits per heavy atom. The van der Waals surface area contributed by atoms with Gasteiger partial charge in [-0.25, -0.2) is 0 Å². The molecular formula is C25H29N3O2. The van der Waals surface area contributed by atoms with Crippen molar-refractivity contribution < 1.29 is 9.90 Å². The largest absolute Gasteiger partial charge is 0.396 e. The lowest BCUT2D eigenvalue weighted by Gasteiger charge is -2.44. The lowest BCUT2D eigenvalue weighted by atomic mass is 9.69. The second kappa shape index (κ2) is 8.84. The molecule has 0 bridgehead atoms. The Morgan fingerprint density at radius 2 is 1.90 bits per heavy atom. The normalized spacial score (nSPS) is 20.3. The van der Waals surface area contributed by atoms with E-state index < -0.39 is 0 Å². The van der Waals surface area contributed by atoms with Crippen molar-refractivity contribution in [2.45, 2.75) is 44.1 Å². The third-order valence-corrected chi connectivity index (χ3v) is 6.50. The molecule has 2 N–H and O–H groups in total. The Labute approximate surface area is 177 Å². The number of hydrogen-bond donors (Lipinski definition) is 2. The van der Waals surface area contributed by atoms with Gasteiger partial charge in [0.15, 0.2) is 0 Å². The average molecular weight is 404 g/mol. The number of piperidine rings is 1. The fourth-order valence-electron chi connectivity index (χ4n) is 4.69. The van der Waals surface area contributed by atoms with Crippen LogP contribution in [0.2, 0.25) is 0 Å². The molecule has 5 heteroatoms. The number of hydrogen-bond acceptors (Lipinski definition) is 3. The van der Waals surface area contributed by atoms with Gasteiger partial charge in [0.1, 0.15) is 0 Å². The molecule has 30 heavy (non-hydrogen) atoms. The first-order chi connectivity index (χ1) is 14.6. The van der Waals surface area contributed by atoms with E-state index in [9.17, 15) is 9.90 Å². The van der Waals surface area contributed by atoms with Crippen LogP contribution < -0.4 is 0 Å². The van der Waals surface area contributed by atoms with Crippen LogP contribution in [0.3, 0.4) is 0 Å². The van der Waals surface area contributed by atoms with E-state index in [0.717, 1.165) is 36.2 Å². The molecule has 3 aromatic rings. The highest BCUT2D eigenvalue weighted by Crippen LogP contribution is 2.42. The zero-order valence-corrected chi connectivity index (χ0v) is 17.4. The molecule has 1 aliphatic rings. The van der Waals surface area contributed by atoms with Crippen LogP contribution in [0.25, 0.3) is 11.3 Å². The van der Waals surface area contributed by atoms with Gasteiger partial charge in [-0.15, -0.1) is 0 Å². The van der Waals surface area contributed by atoms with Crippen LogP contribution in [0.4, 0.5) is 0 Å². The molecule has 1 unspecified atom stereocenters. The highest BCUT2D eigenvalue weighted by molar-refractivity contribution is 5.79. The van der Waals surface area contributed by atoms with Crippen LogP contribution >= 0.6 is 0 Å². The molecule has 1 saturated heterocycles. The summed E-state index contributed by atoms with van der Waals surface area (Å²) in [5, 5.41) is 16.5. The summed E-state index contributed by atoms with van der Waals surface area (Å²) in [5.74, 6) is 0.187. The summed E-state index contributed by atoms with van der Waals surface area (Å²) in [7, 11) is 0. The van der Waals surface area contributed by atoms with Gasteiger partial charge in [-0.3, -0.25) is 9.89 Å². The van der Waals surface area contributed by atoms with Gasteiger partial charge in [-0.2, -0.15) is 5.10 Å². The number of aromatic amines is 1. The van der Waals surface area contributed by atoms with Crippen molar-refractivity contribution in [3.05, 3.63) is 78.0 Å². The van der Waals surface area contributed by atoms with E-state index in [1.54, 1.807) is 0 Å². The minimum Gasteiger partial charge on any atom is -0.396 e. The molecule has 0 radical (unpaired) electrons. The number of amides is 1. The summed E-state index contributed by atoms with van der Waals surface area (Å²) in [4.78, 5) is 15.3. The van der Waals surface area contributed by atoms with Crippen LogP contribution in [0.5, 0.6) is 0 Å². The summed E-state index contributed by atoms with van der Waals surface area (Å²) < 4.78 is 0. The molecule has 2 aromatic carbocycles. The third kappa shape index (κ3) is 4.03. The molecule has 0 aliphatic carbocycles. The van der Waals surface area contributed by atoms with Gasteiger partial charge in [0.25, 0.3) is 0 Å². The molecule has 1 aliphatic heterocycles. The number of H-pyrrole nitrogens is 1. The third-order valence-electron chi connectivity index (χ3n) is 6.50. The first-order valence-corrected chi connectivity index (χ1v) is 10.7. The van der Waals surface area contributed by atoms with E-state index in [0.29, 0.717) is 12.8 Å². The summed E-state index contributed by atoms with van der Waals surface area (Å²) >= 11 is 0. The minimum absolute atomic E-state index is 0.0253. The number of nitrogens with zero attached hydrogens (tertiary/aromatic N) is 2. The maximum absolute atomic E-state index is 13.3. The van der Waals surface area contributed by atoms with Crippen molar-refractivity contribution in [3.8, 4) is 11.3 Å². The quantitative estimate of drug-likeness (QED) is 0.611. The number of carbonyl (C=O) groups is 1. The zero-order valence-electron chi connectivity index (χ0n) is 17.4. The zero-order chi connectivity index (χ0) is 21.0. The number of carbonyl (C=O) groups excluding carboxylic acids is 1. The van der Waals surface area contributed by atoms with E-state index in [1.807, 2.05) is 35.4 Å². The number of benzene rings is 2. The number of aliphatic hydroxyl groups is 1. The SMILES string of the molecule is C[C@@H](c1ccc(-c2cc[nH]n2)cc1)N1CCC(CCCO)(c2ccccc2)CC1=O. The number of nitrogens with one attached hydrogen (secondary N) is 1. The molecule has 1 amide bonds. The highest BCUT2D eigenvalue weighted by Gasteiger charge is 2.41. The lowest BCUT2D eigenvalue weighted by molar-refractivity contribution is -0.138. The fraction of sp³-hybridized carbons (Fsp3) is 0.360. The molecule has 2 heterocycles. The smallest absolute Gasteiger partial charge is 0.223 e. The van der Waals surface area contributed by atoms with Gasteiger partial charge in [0, 0.05) is 36.7 Å². The Morgan fingerprint density at radius 1 is 1.13 bits per heavy atom. The van der Waals surface area contributed by atoms with Crippen molar-refractivity contribution >= 4 is 5.91 Å². The van der Waals surface area contributed by atoms with Gasteiger partial charge in [-0.05, 0) is 43.4 Å². The molecular weight excluding hydrogens is 374 g/mol. The molecule has 156 valence electrons. The molecule has 0 saturated carbocycles. The van der Waals surface area contributed by atoms with Crippen LogP contribution in [-0.2, 0) is 10.2 Å². The maximum Gasteiger partial charge on any atom is 0.223 e. The van der Waals surface area contributed by atoms with Crippen LogP contribution in [0.15, 0.2) is 66.9 Å².